The third-order valence-electron chi connectivity index (χ3n) is 2.02. The SMILES string of the molecule is COc1cc(Br)ccc1[C@@H](N)CCF.Cl. The molecule has 1 atom stereocenters. The lowest BCUT2D eigenvalue weighted by atomic mass is 10.0. The normalized spacial score (nSPS) is 11.7. The maximum atomic E-state index is 12.1. The van der Waals surface area contributed by atoms with Gasteiger partial charge in [-0.05, 0) is 18.6 Å². The minimum Gasteiger partial charge on any atom is -0.496 e. The van der Waals surface area contributed by atoms with Gasteiger partial charge in [0.1, 0.15) is 5.75 Å². The van der Waals surface area contributed by atoms with Crippen LogP contribution in [0.25, 0.3) is 0 Å². The van der Waals surface area contributed by atoms with Crippen LogP contribution in [0.5, 0.6) is 5.75 Å². The Kier molecular flexibility index (Phi) is 6.89. The van der Waals surface area contributed by atoms with Crippen LogP contribution in [-0.4, -0.2) is 13.8 Å². The van der Waals surface area contributed by atoms with E-state index < -0.39 is 6.67 Å². The van der Waals surface area contributed by atoms with Gasteiger partial charge >= 0.3 is 0 Å². The zero-order chi connectivity index (χ0) is 10.6. The third kappa shape index (κ3) is 3.97. The van der Waals surface area contributed by atoms with Crippen LogP contribution in [0.2, 0.25) is 0 Å². The lowest BCUT2D eigenvalue weighted by Gasteiger charge is -2.14. The van der Waals surface area contributed by atoms with Gasteiger partial charge < -0.3 is 10.5 Å². The van der Waals surface area contributed by atoms with Gasteiger partial charge in [0, 0.05) is 16.1 Å². The lowest BCUT2D eigenvalue weighted by Crippen LogP contribution is -2.12. The zero-order valence-electron chi connectivity index (χ0n) is 8.37. The van der Waals surface area contributed by atoms with Gasteiger partial charge in [-0.1, -0.05) is 22.0 Å². The molecule has 0 saturated carbocycles. The number of hydrogen-bond acceptors (Lipinski definition) is 2. The Balaban J connectivity index is 0.00000196. The molecule has 1 aromatic carbocycles. The molecule has 0 unspecified atom stereocenters. The number of hydrogen-bond donors (Lipinski definition) is 1. The number of nitrogens with two attached hydrogens (primary N) is 1. The molecule has 2 nitrogen and oxygen atoms in total. The molecule has 0 spiro atoms. The predicted molar refractivity (Wildman–Crippen MR) is 65.5 cm³/mol. The number of ether oxygens (including phenoxy) is 1. The van der Waals surface area contributed by atoms with Crippen molar-refractivity contribution in [2.45, 2.75) is 12.5 Å². The molecule has 0 aromatic heterocycles. The molecule has 15 heavy (non-hydrogen) atoms. The molecule has 1 aromatic rings. The molecule has 0 bridgehead atoms. The minimum atomic E-state index is -0.416. The molecule has 5 heteroatoms. The molecular weight excluding hydrogens is 284 g/mol. The Morgan fingerprint density at radius 3 is 2.73 bits per heavy atom. The maximum Gasteiger partial charge on any atom is 0.124 e. The number of benzene rings is 1. The molecule has 0 heterocycles. The molecule has 0 saturated heterocycles. The fourth-order valence-corrected chi connectivity index (χ4v) is 1.60. The Morgan fingerprint density at radius 1 is 1.53 bits per heavy atom. The minimum absolute atomic E-state index is 0. The van der Waals surface area contributed by atoms with E-state index in [1.807, 2.05) is 18.2 Å². The van der Waals surface area contributed by atoms with E-state index in [1.54, 1.807) is 7.11 Å². The van der Waals surface area contributed by atoms with E-state index >= 15 is 0 Å². The van der Waals surface area contributed by atoms with Gasteiger partial charge in [0.15, 0.2) is 0 Å². The summed E-state index contributed by atoms with van der Waals surface area (Å²) in [6, 6.07) is 5.25. The topological polar surface area (TPSA) is 35.2 Å². The van der Waals surface area contributed by atoms with Crippen LogP contribution in [-0.2, 0) is 0 Å². The van der Waals surface area contributed by atoms with Crippen LogP contribution >= 0.6 is 28.3 Å². The molecule has 0 radical (unpaired) electrons. The summed E-state index contributed by atoms with van der Waals surface area (Å²) in [5.41, 5.74) is 6.64. The number of rotatable bonds is 4. The average Bonchev–Trinajstić information content (AvgIpc) is 2.17. The van der Waals surface area contributed by atoms with Crippen molar-refractivity contribution in [2.24, 2.45) is 5.73 Å². The first-order valence-corrected chi connectivity index (χ1v) is 5.13. The molecule has 86 valence electrons. The first-order valence-electron chi connectivity index (χ1n) is 4.34. The predicted octanol–water partition coefficient (Wildman–Crippen LogP) is 3.24. The standard InChI is InChI=1S/C10H13BrFNO.ClH/c1-14-10-6-7(11)2-3-8(10)9(13)4-5-12;/h2-3,6,9H,4-5,13H2,1H3;1H/t9-;/m0./s1. The van der Waals surface area contributed by atoms with Gasteiger partial charge in [0.05, 0.1) is 13.8 Å². The molecule has 0 aliphatic rings. The smallest absolute Gasteiger partial charge is 0.124 e. The quantitative estimate of drug-likeness (QED) is 0.926. The van der Waals surface area contributed by atoms with Crippen LogP contribution in [0.1, 0.15) is 18.0 Å². The summed E-state index contributed by atoms with van der Waals surface area (Å²) in [5, 5.41) is 0. The van der Waals surface area contributed by atoms with Gasteiger partial charge in [0.25, 0.3) is 0 Å². The molecule has 1 rings (SSSR count). The van der Waals surface area contributed by atoms with Crippen molar-refractivity contribution in [3.05, 3.63) is 28.2 Å². The van der Waals surface area contributed by atoms with E-state index in [0.29, 0.717) is 12.2 Å². The van der Waals surface area contributed by atoms with Crippen LogP contribution in [0.3, 0.4) is 0 Å². The largest absolute Gasteiger partial charge is 0.496 e. The van der Waals surface area contributed by atoms with Crippen molar-refractivity contribution in [2.75, 3.05) is 13.8 Å². The zero-order valence-corrected chi connectivity index (χ0v) is 10.8. The second-order valence-electron chi connectivity index (χ2n) is 2.97. The van der Waals surface area contributed by atoms with Gasteiger partial charge in [-0.25, -0.2) is 0 Å². The summed E-state index contributed by atoms with van der Waals surface area (Å²) in [6.07, 6.45) is 0.317. The second kappa shape index (κ2) is 7.04. The van der Waals surface area contributed by atoms with E-state index in [-0.39, 0.29) is 18.4 Å². The van der Waals surface area contributed by atoms with E-state index in [2.05, 4.69) is 15.9 Å². The van der Waals surface area contributed by atoms with E-state index in [9.17, 15) is 4.39 Å². The number of halogens is 3. The summed E-state index contributed by atoms with van der Waals surface area (Å²) in [7, 11) is 1.58. The third-order valence-corrected chi connectivity index (χ3v) is 2.51. The number of methoxy groups -OCH3 is 1. The summed E-state index contributed by atoms with van der Waals surface area (Å²) < 4.78 is 18.2. The highest BCUT2D eigenvalue weighted by molar-refractivity contribution is 9.10. The highest BCUT2D eigenvalue weighted by atomic mass is 79.9. The van der Waals surface area contributed by atoms with Crippen molar-refractivity contribution in [1.82, 2.24) is 0 Å². The molecular formula is C10H14BrClFNO. The Bertz CT molecular complexity index is 311. The second-order valence-corrected chi connectivity index (χ2v) is 3.89. The van der Waals surface area contributed by atoms with Gasteiger partial charge in [-0.3, -0.25) is 4.39 Å². The maximum absolute atomic E-state index is 12.1. The fourth-order valence-electron chi connectivity index (χ4n) is 1.26. The van der Waals surface area contributed by atoms with Crippen molar-refractivity contribution in [1.29, 1.82) is 0 Å². The van der Waals surface area contributed by atoms with Crippen LogP contribution in [0.4, 0.5) is 4.39 Å². The summed E-state index contributed by atoms with van der Waals surface area (Å²) in [6.45, 7) is -0.416. The molecule has 2 N–H and O–H groups in total. The highest BCUT2D eigenvalue weighted by Gasteiger charge is 2.11. The Labute approximate surface area is 104 Å². The Morgan fingerprint density at radius 2 is 2.20 bits per heavy atom. The summed E-state index contributed by atoms with van der Waals surface area (Å²) in [4.78, 5) is 0. The van der Waals surface area contributed by atoms with Crippen molar-refractivity contribution in [3.8, 4) is 5.75 Å². The van der Waals surface area contributed by atoms with Crippen LogP contribution in [0, 0.1) is 0 Å². The summed E-state index contributed by atoms with van der Waals surface area (Å²) >= 11 is 3.33. The molecule has 0 fully saturated rings. The lowest BCUT2D eigenvalue weighted by molar-refractivity contribution is 0.395. The highest BCUT2D eigenvalue weighted by Crippen LogP contribution is 2.28. The first kappa shape index (κ1) is 14.7. The van der Waals surface area contributed by atoms with Crippen LogP contribution < -0.4 is 10.5 Å². The van der Waals surface area contributed by atoms with Gasteiger partial charge in [-0.2, -0.15) is 0 Å². The molecule has 0 amide bonds. The van der Waals surface area contributed by atoms with Crippen molar-refractivity contribution in [3.63, 3.8) is 0 Å². The molecule has 0 aliphatic heterocycles. The Hall–Kier alpha value is -0.320. The fraction of sp³-hybridized carbons (Fsp3) is 0.400. The molecule has 0 aliphatic carbocycles. The van der Waals surface area contributed by atoms with Crippen molar-refractivity contribution >= 4 is 28.3 Å². The van der Waals surface area contributed by atoms with E-state index in [0.717, 1.165) is 10.0 Å². The first-order chi connectivity index (χ1) is 6.69. The van der Waals surface area contributed by atoms with Crippen LogP contribution in [0.15, 0.2) is 22.7 Å². The summed E-state index contributed by atoms with van der Waals surface area (Å²) in [5.74, 6) is 0.695. The van der Waals surface area contributed by atoms with E-state index in [1.165, 1.54) is 0 Å². The van der Waals surface area contributed by atoms with Gasteiger partial charge in [-0.15, -0.1) is 12.4 Å². The van der Waals surface area contributed by atoms with E-state index in [4.69, 9.17) is 10.5 Å². The van der Waals surface area contributed by atoms with Gasteiger partial charge in [0.2, 0.25) is 0 Å². The average molecular weight is 299 g/mol. The monoisotopic (exact) mass is 297 g/mol. The number of alkyl halides is 1. The van der Waals surface area contributed by atoms with Crippen molar-refractivity contribution < 1.29 is 9.13 Å².